The minimum absolute atomic E-state index is 0. The second-order valence-corrected chi connectivity index (χ2v) is 10.7. The summed E-state index contributed by atoms with van der Waals surface area (Å²) in [5, 5.41) is 6.46. The Morgan fingerprint density at radius 2 is 1.56 bits per heavy atom. The van der Waals surface area contributed by atoms with Crippen LogP contribution < -0.4 is 5.32 Å². The molecule has 0 aliphatic heterocycles. The van der Waals surface area contributed by atoms with Gasteiger partial charge >= 0.3 is 0 Å². The summed E-state index contributed by atoms with van der Waals surface area (Å²) in [4.78, 5) is 4.07. The number of nitrogens with zero attached hydrogens (tertiary/aromatic N) is 1. The Morgan fingerprint density at radius 3 is 2.04 bits per heavy atom. The van der Waals surface area contributed by atoms with Crippen molar-refractivity contribution >= 4 is 36.2 Å². The van der Waals surface area contributed by atoms with E-state index < -0.39 is 0 Å². The van der Waals surface area contributed by atoms with Gasteiger partial charge < -0.3 is 5.32 Å². The summed E-state index contributed by atoms with van der Waals surface area (Å²) in [6, 6.07) is 6.20. The normalized spacial score (nSPS) is 42.6. The van der Waals surface area contributed by atoms with Crippen LogP contribution in [0.25, 0.3) is 0 Å². The summed E-state index contributed by atoms with van der Waals surface area (Å²) in [7, 11) is 4.57. The molecule has 0 atom stereocenters. The molecule has 154 valence electrons. The molecule has 5 heteroatoms. The summed E-state index contributed by atoms with van der Waals surface area (Å²) < 4.78 is 0. The Labute approximate surface area is 181 Å². The van der Waals surface area contributed by atoms with Gasteiger partial charge in [0, 0.05) is 17.0 Å². The van der Waals surface area contributed by atoms with Crippen molar-refractivity contribution in [3.05, 3.63) is 22.4 Å². The lowest BCUT2D eigenvalue weighted by Gasteiger charge is -2.56. The molecule has 0 aromatic carbocycles. The molecule has 5 fully saturated rings. The first-order valence-corrected chi connectivity index (χ1v) is 11.5. The quantitative estimate of drug-likeness (QED) is 0.657. The van der Waals surface area contributed by atoms with Gasteiger partial charge in [0.2, 0.25) is 0 Å². The largest absolute Gasteiger partial charge is 0.311 e. The van der Waals surface area contributed by atoms with Gasteiger partial charge in [0.1, 0.15) is 0 Å². The number of hydrogen-bond donors (Lipinski definition) is 1. The standard InChI is InChI=1S/C22H34N2S.2ClH/c1-24(2)22(20-4-3-9-25-20)7-5-19(6-8-22)23-21-17-11-15-10-16(13-17)14-18(21)12-15;;/h3-4,9,15-19,21,23H,5-8,10-14H2,1-2H3;2*1H. The monoisotopic (exact) mass is 430 g/mol. The van der Waals surface area contributed by atoms with Crippen molar-refractivity contribution < 1.29 is 0 Å². The zero-order valence-electron chi connectivity index (χ0n) is 16.7. The van der Waals surface area contributed by atoms with Crippen molar-refractivity contribution in [1.82, 2.24) is 10.2 Å². The molecular formula is C22H36Cl2N2S. The van der Waals surface area contributed by atoms with Crippen molar-refractivity contribution in [2.45, 2.75) is 75.4 Å². The van der Waals surface area contributed by atoms with Crippen LogP contribution in [-0.4, -0.2) is 31.1 Å². The van der Waals surface area contributed by atoms with E-state index in [0.29, 0.717) is 0 Å². The third kappa shape index (κ3) is 3.84. The highest BCUT2D eigenvalue weighted by Crippen LogP contribution is 2.54. The minimum Gasteiger partial charge on any atom is -0.311 e. The van der Waals surface area contributed by atoms with E-state index >= 15 is 0 Å². The highest BCUT2D eigenvalue weighted by Gasteiger charge is 2.49. The molecular weight excluding hydrogens is 395 g/mol. The van der Waals surface area contributed by atoms with Gasteiger partial charge in [-0.15, -0.1) is 36.2 Å². The predicted octanol–water partition coefficient (Wildman–Crippen LogP) is 5.71. The summed E-state index contributed by atoms with van der Waals surface area (Å²) in [5.74, 6) is 4.20. The predicted molar refractivity (Wildman–Crippen MR) is 120 cm³/mol. The smallest absolute Gasteiger partial charge is 0.0549 e. The van der Waals surface area contributed by atoms with E-state index in [1.807, 2.05) is 11.3 Å². The van der Waals surface area contributed by atoms with E-state index in [4.69, 9.17) is 0 Å². The average molecular weight is 432 g/mol. The number of thiophene rings is 1. The SMILES string of the molecule is CN(C)C1(c2cccs2)CCC(NC2C3CC4CC(C3)CC2C4)CC1.Cl.Cl. The van der Waals surface area contributed by atoms with E-state index in [-0.39, 0.29) is 30.4 Å². The van der Waals surface area contributed by atoms with Crippen LogP contribution in [0.4, 0.5) is 0 Å². The molecule has 1 aromatic rings. The molecule has 27 heavy (non-hydrogen) atoms. The Morgan fingerprint density at radius 1 is 0.963 bits per heavy atom. The van der Waals surface area contributed by atoms with E-state index in [2.05, 4.69) is 41.8 Å². The Hall–Kier alpha value is 0.200. The van der Waals surface area contributed by atoms with Gasteiger partial charge in [-0.05, 0) is 107 Å². The minimum atomic E-state index is 0. The molecule has 1 heterocycles. The highest BCUT2D eigenvalue weighted by atomic mass is 35.5. The summed E-state index contributed by atoms with van der Waals surface area (Å²) in [5.41, 5.74) is 0.288. The zero-order chi connectivity index (χ0) is 17.0. The summed E-state index contributed by atoms with van der Waals surface area (Å²) >= 11 is 1.95. The van der Waals surface area contributed by atoms with Gasteiger partial charge in [-0.25, -0.2) is 0 Å². The van der Waals surface area contributed by atoms with Crippen molar-refractivity contribution in [3.8, 4) is 0 Å². The van der Waals surface area contributed by atoms with Gasteiger partial charge in [-0.1, -0.05) is 6.07 Å². The number of hydrogen-bond acceptors (Lipinski definition) is 3. The lowest BCUT2D eigenvalue weighted by molar-refractivity contribution is -0.0226. The first-order chi connectivity index (χ1) is 12.1. The third-order valence-corrected chi connectivity index (χ3v) is 9.37. The van der Waals surface area contributed by atoms with E-state index in [1.165, 1.54) is 51.4 Å². The van der Waals surface area contributed by atoms with Crippen LogP contribution in [0.1, 0.15) is 62.7 Å². The van der Waals surface area contributed by atoms with Crippen LogP contribution in [0.2, 0.25) is 0 Å². The molecule has 1 aromatic heterocycles. The van der Waals surface area contributed by atoms with Crippen LogP contribution >= 0.6 is 36.2 Å². The van der Waals surface area contributed by atoms with Crippen LogP contribution in [0, 0.1) is 23.7 Å². The maximum absolute atomic E-state index is 4.21. The Balaban J connectivity index is 0.00000105. The molecule has 0 spiro atoms. The second kappa shape index (κ2) is 8.52. The van der Waals surface area contributed by atoms with E-state index in [1.54, 1.807) is 11.3 Å². The molecule has 5 aliphatic rings. The van der Waals surface area contributed by atoms with Crippen molar-refractivity contribution in [3.63, 3.8) is 0 Å². The van der Waals surface area contributed by atoms with Gasteiger partial charge in [0.15, 0.2) is 0 Å². The van der Waals surface area contributed by atoms with E-state index in [9.17, 15) is 0 Å². The zero-order valence-corrected chi connectivity index (χ0v) is 19.2. The first kappa shape index (κ1) is 21.9. The van der Waals surface area contributed by atoms with Crippen LogP contribution in [-0.2, 0) is 5.54 Å². The Kier molecular flexibility index (Phi) is 6.91. The van der Waals surface area contributed by atoms with Crippen LogP contribution in [0.5, 0.6) is 0 Å². The van der Waals surface area contributed by atoms with Crippen molar-refractivity contribution in [2.24, 2.45) is 23.7 Å². The molecule has 0 unspecified atom stereocenters. The third-order valence-electron chi connectivity index (χ3n) is 8.30. The molecule has 1 N–H and O–H groups in total. The fourth-order valence-electron chi connectivity index (χ4n) is 7.19. The van der Waals surface area contributed by atoms with Gasteiger partial charge in [-0.2, -0.15) is 0 Å². The fourth-order valence-corrected chi connectivity index (χ4v) is 8.26. The number of nitrogens with one attached hydrogen (secondary N) is 1. The van der Waals surface area contributed by atoms with Gasteiger partial charge in [-0.3, -0.25) is 4.90 Å². The first-order valence-electron chi connectivity index (χ1n) is 10.6. The summed E-state index contributed by atoms with van der Waals surface area (Å²) in [6.07, 6.45) is 13.0. The van der Waals surface area contributed by atoms with Crippen LogP contribution in [0.3, 0.4) is 0 Å². The number of rotatable bonds is 4. The molecule has 6 rings (SSSR count). The molecule has 5 saturated carbocycles. The molecule has 2 nitrogen and oxygen atoms in total. The molecule has 5 aliphatic carbocycles. The molecule has 0 radical (unpaired) electrons. The molecule has 0 saturated heterocycles. The number of halogens is 2. The lowest BCUT2D eigenvalue weighted by atomic mass is 9.54. The van der Waals surface area contributed by atoms with Gasteiger partial charge in [0.05, 0.1) is 5.54 Å². The van der Waals surface area contributed by atoms with E-state index in [0.717, 1.165) is 35.8 Å². The highest BCUT2D eigenvalue weighted by molar-refractivity contribution is 7.10. The maximum Gasteiger partial charge on any atom is 0.0549 e. The van der Waals surface area contributed by atoms with Crippen molar-refractivity contribution in [1.29, 1.82) is 0 Å². The maximum atomic E-state index is 4.21. The topological polar surface area (TPSA) is 15.3 Å². The molecule has 0 amide bonds. The Bertz CT molecular complexity index is 567. The van der Waals surface area contributed by atoms with Crippen molar-refractivity contribution in [2.75, 3.05) is 14.1 Å². The van der Waals surface area contributed by atoms with Crippen LogP contribution in [0.15, 0.2) is 17.5 Å². The second-order valence-electron chi connectivity index (χ2n) is 9.80. The average Bonchev–Trinajstić information content (AvgIpc) is 3.13. The van der Waals surface area contributed by atoms with Gasteiger partial charge in [0.25, 0.3) is 0 Å². The fraction of sp³-hybridized carbons (Fsp3) is 0.818. The molecule has 4 bridgehead atoms. The summed E-state index contributed by atoms with van der Waals surface area (Å²) in [6.45, 7) is 0. The lowest BCUT2D eigenvalue weighted by Crippen LogP contribution is -2.58.